The summed E-state index contributed by atoms with van der Waals surface area (Å²) in [5.74, 6) is 0.866. The highest BCUT2D eigenvalue weighted by Crippen LogP contribution is 2.18. The first-order chi connectivity index (χ1) is 6.15. The Morgan fingerprint density at radius 1 is 1.38 bits per heavy atom. The van der Waals surface area contributed by atoms with Crippen LogP contribution in [-0.2, 0) is 6.42 Å². The summed E-state index contributed by atoms with van der Waals surface area (Å²) >= 11 is 8.11. The minimum atomic E-state index is 0.583. The zero-order chi connectivity index (χ0) is 9.84. The van der Waals surface area contributed by atoms with E-state index in [0.717, 1.165) is 34.4 Å². The van der Waals surface area contributed by atoms with Crippen LogP contribution >= 0.6 is 34.2 Å². The fraction of sp³-hybridized carbons (Fsp3) is 0.556. The van der Waals surface area contributed by atoms with E-state index in [1.165, 1.54) is 0 Å². The lowest BCUT2D eigenvalue weighted by Crippen LogP contribution is -2.00. The second kappa shape index (κ2) is 5.10. The van der Waals surface area contributed by atoms with Crippen molar-refractivity contribution < 1.29 is 0 Å². The van der Waals surface area contributed by atoms with Crippen molar-refractivity contribution in [2.75, 3.05) is 0 Å². The molecule has 0 amide bonds. The first-order valence-corrected chi connectivity index (χ1v) is 5.79. The topological polar surface area (TPSA) is 25.8 Å². The summed E-state index contributed by atoms with van der Waals surface area (Å²) < 4.78 is 0.958. The normalized spacial score (nSPS) is 10.5. The van der Waals surface area contributed by atoms with Crippen molar-refractivity contribution >= 4 is 34.2 Å². The van der Waals surface area contributed by atoms with Gasteiger partial charge in [-0.1, -0.05) is 24.9 Å². The van der Waals surface area contributed by atoms with E-state index in [1.807, 2.05) is 6.92 Å². The summed E-state index contributed by atoms with van der Waals surface area (Å²) in [6.07, 6.45) is 3.20. The van der Waals surface area contributed by atoms with Gasteiger partial charge in [0, 0.05) is 6.42 Å². The lowest BCUT2D eigenvalue weighted by Gasteiger charge is -2.03. The molecule has 72 valence electrons. The largest absolute Gasteiger partial charge is 0.237 e. The van der Waals surface area contributed by atoms with E-state index in [2.05, 4.69) is 39.5 Å². The number of hydrogen-bond donors (Lipinski definition) is 0. The van der Waals surface area contributed by atoms with Crippen LogP contribution in [0.5, 0.6) is 0 Å². The maximum atomic E-state index is 5.94. The van der Waals surface area contributed by atoms with Gasteiger partial charge in [-0.05, 0) is 35.9 Å². The average Bonchev–Trinajstić information content (AvgIpc) is 2.10. The molecule has 1 aromatic rings. The molecule has 1 aromatic heterocycles. The minimum absolute atomic E-state index is 0.583. The highest BCUT2D eigenvalue weighted by Gasteiger charge is 2.06. The van der Waals surface area contributed by atoms with Gasteiger partial charge in [0.25, 0.3) is 0 Å². The van der Waals surface area contributed by atoms with E-state index in [0.29, 0.717) is 5.15 Å². The van der Waals surface area contributed by atoms with Gasteiger partial charge in [-0.2, -0.15) is 0 Å². The van der Waals surface area contributed by atoms with E-state index in [9.17, 15) is 0 Å². The van der Waals surface area contributed by atoms with Crippen molar-refractivity contribution in [1.29, 1.82) is 0 Å². The number of unbranched alkanes of at least 4 members (excludes halogenated alkanes) is 1. The smallest absolute Gasteiger partial charge is 0.146 e. The Bertz CT molecular complexity index is 279. The van der Waals surface area contributed by atoms with Crippen LogP contribution in [0.3, 0.4) is 0 Å². The number of halogens is 2. The Morgan fingerprint density at radius 2 is 2.08 bits per heavy atom. The average molecular weight is 311 g/mol. The molecule has 4 heteroatoms. The van der Waals surface area contributed by atoms with Gasteiger partial charge >= 0.3 is 0 Å². The molecule has 2 nitrogen and oxygen atoms in total. The SMILES string of the molecule is CCCCc1nc(C)c(I)c(Cl)n1. The van der Waals surface area contributed by atoms with Crippen LogP contribution in [0.25, 0.3) is 0 Å². The molecule has 0 aliphatic carbocycles. The molecule has 1 heterocycles. The molecule has 0 saturated heterocycles. The summed E-state index contributed by atoms with van der Waals surface area (Å²) in [4.78, 5) is 8.59. The Kier molecular flexibility index (Phi) is 4.38. The van der Waals surface area contributed by atoms with Gasteiger partial charge in [0.15, 0.2) is 0 Å². The maximum Gasteiger partial charge on any atom is 0.146 e. The second-order valence-corrected chi connectivity index (χ2v) is 4.37. The second-order valence-electron chi connectivity index (χ2n) is 2.93. The van der Waals surface area contributed by atoms with Gasteiger partial charge in [-0.25, -0.2) is 9.97 Å². The highest BCUT2D eigenvalue weighted by atomic mass is 127. The molecule has 0 bridgehead atoms. The van der Waals surface area contributed by atoms with Crippen LogP contribution in [0.2, 0.25) is 5.15 Å². The van der Waals surface area contributed by atoms with Crippen molar-refractivity contribution in [3.63, 3.8) is 0 Å². The molecule has 0 fully saturated rings. The van der Waals surface area contributed by atoms with E-state index < -0.39 is 0 Å². The Morgan fingerprint density at radius 3 is 2.62 bits per heavy atom. The van der Waals surface area contributed by atoms with Crippen molar-refractivity contribution in [2.45, 2.75) is 33.1 Å². The molecule has 0 aliphatic heterocycles. The highest BCUT2D eigenvalue weighted by molar-refractivity contribution is 14.1. The molecule has 13 heavy (non-hydrogen) atoms. The Balaban J connectivity index is 2.86. The van der Waals surface area contributed by atoms with Gasteiger partial charge in [0.1, 0.15) is 11.0 Å². The fourth-order valence-corrected chi connectivity index (χ4v) is 1.50. The third-order valence-electron chi connectivity index (χ3n) is 1.78. The standard InChI is InChI=1S/C9H12ClIN2/c1-3-4-5-7-12-6(2)8(11)9(10)13-7/h3-5H2,1-2H3. The molecule has 0 atom stereocenters. The number of nitrogens with zero attached hydrogens (tertiary/aromatic N) is 2. The summed E-state index contributed by atoms with van der Waals surface area (Å²) in [5, 5.41) is 0.583. The molecule has 0 saturated carbocycles. The molecule has 0 unspecified atom stereocenters. The number of hydrogen-bond acceptors (Lipinski definition) is 2. The summed E-state index contributed by atoms with van der Waals surface area (Å²) in [6.45, 7) is 4.12. The van der Waals surface area contributed by atoms with E-state index in [4.69, 9.17) is 11.6 Å². The number of aromatic nitrogens is 2. The summed E-state index contributed by atoms with van der Waals surface area (Å²) in [5.41, 5.74) is 0.978. The first-order valence-electron chi connectivity index (χ1n) is 4.33. The molecular weight excluding hydrogens is 298 g/mol. The third kappa shape index (κ3) is 3.06. The Labute approximate surface area is 97.3 Å². The predicted octanol–water partition coefficient (Wildman–Crippen LogP) is 3.39. The zero-order valence-electron chi connectivity index (χ0n) is 7.77. The van der Waals surface area contributed by atoms with Crippen molar-refractivity contribution in [1.82, 2.24) is 9.97 Å². The van der Waals surface area contributed by atoms with Crippen LogP contribution in [0.4, 0.5) is 0 Å². The van der Waals surface area contributed by atoms with Gasteiger partial charge in [0.2, 0.25) is 0 Å². The molecule has 0 aliphatic rings. The molecule has 0 N–H and O–H groups in total. The molecule has 0 radical (unpaired) electrons. The molecule has 0 spiro atoms. The van der Waals surface area contributed by atoms with E-state index in [-0.39, 0.29) is 0 Å². The lowest BCUT2D eigenvalue weighted by molar-refractivity contribution is 0.746. The van der Waals surface area contributed by atoms with E-state index >= 15 is 0 Å². The number of aryl methyl sites for hydroxylation is 2. The van der Waals surface area contributed by atoms with Crippen LogP contribution in [0.15, 0.2) is 0 Å². The summed E-state index contributed by atoms with van der Waals surface area (Å²) in [7, 11) is 0. The third-order valence-corrected chi connectivity index (χ3v) is 3.66. The zero-order valence-corrected chi connectivity index (χ0v) is 10.7. The van der Waals surface area contributed by atoms with Gasteiger partial charge < -0.3 is 0 Å². The molecule has 1 rings (SSSR count). The van der Waals surface area contributed by atoms with Crippen molar-refractivity contribution in [2.24, 2.45) is 0 Å². The van der Waals surface area contributed by atoms with Crippen LogP contribution in [0, 0.1) is 10.5 Å². The predicted molar refractivity (Wildman–Crippen MR) is 63.1 cm³/mol. The van der Waals surface area contributed by atoms with E-state index in [1.54, 1.807) is 0 Å². The number of rotatable bonds is 3. The quantitative estimate of drug-likeness (QED) is 0.632. The molecule has 0 aromatic carbocycles. The van der Waals surface area contributed by atoms with Crippen molar-refractivity contribution in [3.05, 3.63) is 20.2 Å². The minimum Gasteiger partial charge on any atom is -0.237 e. The van der Waals surface area contributed by atoms with Gasteiger partial charge in [0.05, 0.1) is 9.26 Å². The lowest BCUT2D eigenvalue weighted by atomic mass is 10.2. The fourth-order valence-electron chi connectivity index (χ4n) is 1.03. The van der Waals surface area contributed by atoms with Crippen LogP contribution in [0.1, 0.15) is 31.3 Å². The summed E-state index contributed by atoms with van der Waals surface area (Å²) in [6, 6.07) is 0. The van der Waals surface area contributed by atoms with Gasteiger partial charge in [-0.15, -0.1) is 0 Å². The monoisotopic (exact) mass is 310 g/mol. The van der Waals surface area contributed by atoms with Gasteiger partial charge in [-0.3, -0.25) is 0 Å². The molecular formula is C9H12ClIN2. The first kappa shape index (κ1) is 11.2. The van der Waals surface area contributed by atoms with Crippen molar-refractivity contribution in [3.8, 4) is 0 Å². The maximum absolute atomic E-state index is 5.94. The Hall–Kier alpha value is 0.1000. The van der Waals surface area contributed by atoms with Crippen LogP contribution in [-0.4, -0.2) is 9.97 Å². The van der Waals surface area contributed by atoms with Crippen LogP contribution < -0.4 is 0 Å².